The van der Waals surface area contributed by atoms with Crippen LogP contribution in [0.15, 0.2) is 330 Å². The van der Waals surface area contributed by atoms with E-state index in [0.29, 0.717) is 23.7 Å². The maximum atomic E-state index is 13.6. The van der Waals surface area contributed by atoms with Crippen molar-refractivity contribution in [2.24, 2.45) is 0 Å². The van der Waals surface area contributed by atoms with Crippen LogP contribution in [0.4, 0.5) is 4.39 Å². The minimum atomic E-state index is -0.200. The van der Waals surface area contributed by atoms with Gasteiger partial charge in [-0.05, 0) is 275 Å². The molecule has 0 bridgehead atoms. The second-order valence-corrected chi connectivity index (χ2v) is 34.4. The SMILES string of the molecule is CCn1cnc2ccc(-c3cccnc3-c3ccc(F)c(C)c3)cc21.CCn1cnc2ccc(-c3cccnc3-c3cccc(C)c3)cc21.Cc1cccc(-c2ncccc2-c2ccc3ncn(C(C)C)c3c2)c1.Cc1cccc(-c2ncccc2-c2ccc3ncn(C4CCN(C)CC4)c3c2)c1.Cc1cccc(-c2ncccc2-c2ccc3ncn(C4CCOCC4)c3c2)c1. The topological polar surface area (TPSA) is 166 Å². The van der Waals surface area contributed by atoms with E-state index in [0.717, 1.165) is 186 Å². The molecule has 10 aromatic heterocycles. The summed E-state index contributed by atoms with van der Waals surface area (Å²) in [6.45, 7) is 24.5. The number of likely N-dealkylation sites (tertiary alicyclic amines) is 1. The number of fused-ring (bicyclic) bond motifs is 5. The summed E-state index contributed by atoms with van der Waals surface area (Å²) in [5.74, 6) is -0.200. The summed E-state index contributed by atoms with van der Waals surface area (Å²) >= 11 is 0. The van der Waals surface area contributed by atoms with Gasteiger partial charge in [0, 0.05) is 131 Å². The second-order valence-electron chi connectivity index (χ2n) is 34.4. The van der Waals surface area contributed by atoms with Crippen LogP contribution in [0.1, 0.15) is 99.3 Å². The van der Waals surface area contributed by atoms with E-state index < -0.39 is 0 Å². The fourth-order valence-corrected chi connectivity index (χ4v) is 18.1. The lowest BCUT2D eigenvalue weighted by Crippen LogP contribution is -2.31. The van der Waals surface area contributed by atoms with Crippen LogP contribution in [-0.2, 0) is 17.8 Å². The van der Waals surface area contributed by atoms with Gasteiger partial charge in [-0.2, -0.15) is 0 Å². The lowest BCUT2D eigenvalue weighted by atomic mass is 9.98. The average molecular weight is 1720 g/mol. The van der Waals surface area contributed by atoms with Crippen LogP contribution in [0.25, 0.3) is 167 Å². The Balaban J connectivity index is 0.000000110. The summed E-state index contributed by atoms with van der Waals surface area (Å²) in [7, 11) is 2.20. The van der Waals surface area contributed by atoms with Gasteiger partial charge in [0.1, 0.15) is 5.82 Å². The minimum Gasteiger partial charge on any atom is -0.381 e. The number of benzene rings is 10. The van der Waals surface area contributed by atoms with Gasteiger partial charge < -0.3 is 32.5 Å². The van der Waals surface area contributed by atoms with Gasteiger partial charge >= 0.3 is 0 Å². The predicted molar refractivity (Wildman–Crippen MR) is 532 cm³/mol. The number of hydrogen-bond donors (Lipinski definition) is 0. The molecule has 0 amide bonds. The molecule has 0 N–H and O–H groups in total. The zero-order chi connectivity index (χ0) is 90.0. The molecule has 131 heavy (non-hydrogen) atoms. The van der Waals surface area contributed by atoms with Gasteiger partial charge in [-0.25, -0.2) is 29.3 Å². The summed E-state index contributed by atoms with van der Waals surface area (Å²) in [5, 5.41) is 0. The second kappa shape index (κ2) is 39.4. The molecule has 20 aromatic rings. The third-order valence-electron chi connectivity index (χ3n) is 25.1. The largest absolute Gasteiger partial charge is 0.381 e. The highest BCUT2D eigenvalue weighted by Gasteiger charge is 2.24. The number of pyridine rings is 5. The molecule has 17 nitrogen and oxygen atoms in total. The first kappa shape index (κ1) is 86.9. The van der Waals surface area contributed by atoms with Crippen molar-refractivity contribution in [2.45, 2.75) is 119 Å². The highest BCUT2D eigenvalue weighted by atomic mass is 19.1. The quantitative estimate of drug-likeness (QED) is 0.0955. The maximum absolute atomic E-state index is 13.6. The summed E-state index contributed by atoms with van der Waals surface area (Å²) in [6.07, 6.45) is 23.3. The molecule has 0 atom stereocenters. The van der Waals surface area contributed by atoms with Gasteiger partial charge in [0.25, 0.3) is 0 Å². The Morgan fingerprint density at radius 2 is 0.618 bits per heavy atom. The van der Waals surface area contributed by atoms with E-state index >= 15 is 0 Å². The molecule has 2 aliphatic heterocycles. The van der Waals surface area contributed by atoms with Crippen LogP contribution in [0.5, 0.6) is 0 Å². The van der Waals surface area contributed by atoms with Gasteiger partial charge in [0.2, 0.25) is 0 Å². The van der Waals surface area contributed by atoms with Gasteiger partial charge in [0.05, 0.1) is 115 Å². The highest BCUT2D eigenvalue weighted by molar-refractivity contribution is 5.93. The third kappa shape index (κ3) is 19.2. The van der Waals surface area contributed by atoms with Crippen LogP contribution in [0.2, 0.25) is 0 Å². The number of nitrogens with zero attached hydrogens (tertiary/aromatic N) is 16. The normalized spacial score (nSPS) is 13.1. The number of aromatic nitrogens is 15. The number of ether oxygens (including phenoxy) is 1. The standard InChI is InChI=1S/C25H26N4.C24H23N3O.C22H21N3.C21H18FN3.C21H19N3/c1-18-5-3-6-20(15-18)25-22(7-4-12-26-25)19-8-9-23-24(16-19)29(17-27-23)21-10-13-28(2)14-11-21;1-17-4-2-5-19(14-17)24-21(6-3-11-25-24)18-7-8-22-23(15-18)27(16-26-22)20-9-12-28-13-10-20;1-15(2)25-14-24-20-10-9-17(13-21(20)25)19-8-5-11-23-22(19)18-7-4-6-16(3)12-18;1-3-25-13-24-19-9-7-15(12-20(19)25)17-5-4-10-23-21(17)16-6-8-18(22)14(2)11-16;1-3-24-14-23-19-10-9-16(13-20(19)24)18-8-5-11-22-21(18)17-7-4-6-15(2)12-17/h3-9,12,15-17,21H,10-11,13-14H2,1-2H3;2-8,11,14-16,20H,9-10,12-13H2,1H3;4-15H,1-3H3;4-13H,3H2,1-2H3;4-14H,3H2,1-2H3. The molecule has 22 rings (SSSR count). The van der Waals surface area contributed by atoms with Gasteiger partial charge in [0.15, 0.2) is 0 Å². The molecule has 2 saturated heterocycles. The fraction of sp³-hybridized carbons (Fsp3) is 0.204. The molecule has 18 heteroatoms. The van der Waals surface area contributed by atoms with Crippen molar-refractivity contribution in [3.05, 3.63) is 363 Å². The van der Waals surface area contributed by atoms with Crippen molar-refractivity contribution in [3.8, 4) is 112 Å². The Labute approximate surface area is 764 Å². The van der Waals surface area contributed by atoms with Crippen LogP contribution >= 0.6 is 0 Å². The lowest BCUT2D eigenvalue weighted by molar-refractivity contribution is 0.0706. The first-order valence-corrected chi connectivity index (χ1v) is 45.4. The van der Waals surface area contributed by atoms with Crippen molar-refractivity contribution in [1.29, 1.82) is 0 Å². The van der Waals surface area contributed by atoms with Crippen molar-refractivity contribution in [1.82, 2.24) is 77.6 Å². The Hall–Kier alpha value is -14.9. The molecular formula is C113H107FN16O. The molecule has 0 unspecified atom stereocenters. The van der Waals surface area contributed by atoms with Crippen LogP contribution < -0.4 is 0 Å². The summed E-state index contributed by atoms with van der Waals surface area (Å²) in [6, 6.07) is 93.4. The summed E-state index contributed by atoms with van der Waals surface area (Å²) < 4.78 is 30.4. The molecule has 2 aliphatic rings. The molecular weight excluding hydrogens is 1620 g/mol. The number of imidazole rings is 5. The number of piperidine rings is 1. The van der Waals surface area contributed by atoms with E-state index in [1.165, 1.54) is 74.4 Å². The third-order valence-corrected chi connectivity index (χ3v) is 25.1. The molecule has 0 spiro atoms. The van der Waals surface area contributed by atoms with E-state index in [1.54, 1.807) is 19.2 Å². The number of aryl methyl sites for hydroxylation is 7. The van der Waals surface area contributed by atoms with E-state index in [4.69, 9.17) is 14.7 Å². The number of halogens is 1. The number of rotatable bonds is 15. The van der Waals surface area contributed by atoms with Crippen LogP contribution in [-0.4, -0.2) is 111 Å². The molecule has 652 valence electrons. The molecule has 2 fully saturated rings. The Morgan fingerprint density at radius 1 is 0.313 bits per heavy atom. The van der Waals surface area contributed by atoms with Crippen molar-refractivity contribution >= 4 is 55.2 Å². The van der Waals surface area contributed by atoms with Crippen molar-refractivity contribution < 1.29 is 9.13 Å². The molecule has 10 aromatic carbocycles. The zero-order valence-corrected chi connectivity index (χ0v) is 75.9. The first-order valence-electron chi connectivity index (χ1n) is 45.4. The van der Waals surface area contributed by atoms with Gasteiger partial charge in [-0.1, -0.05) is 156 Å². The molecule has 0 saturated carbocycles. The maximum Gasteiger partial charge on any atom is 0.126 e. The Morgan fingerprint density at radius 3 is 0.962 bits per heavy atom. The van der Waals surface area contributed by atoms with E-state index in [2.05, 4.69) is 342 Å². The van der Waals surface area contributed by atoms with Crippen LogP contribution in [0.3, 0.4) is 0 Å². The summed E-state index contributed by atoms with van der Waals surface area (Å²) in [4.78, 5) is 48.4. The summed E-state index contributed by atoms with van der Waals surface area (Å²) in [5.41, 5.74) is 38.4. The zero-order valence-electron chi connectivity index (χ0n) is 75.9. The monoisotopic (exact) mass is 1720 g/mol. The first-order chi connectivity index (χ1) is 64.0. The van der Waals surface area contributed by atoms with Gasteiger partial charge in [-0.15, -0.1) is 0 Å². The average Bonchev–Trinajstić information content (AvgIpc) is 1.70. The van der Waals surface area contributed by atoms with Gasteiger partial charge in [-0.3, -0.25) is 24.9 Å². The van der Waals surface area contributed by atoms with E-state index in [-0.39, 0.29) is 5.82 Å². The molecule has 12 heterocycles. The minimum absolute atomic E-state index is 0.200. The Kier molecular flexibility index (Phi) is 26.1. The van der Waals surface area contributed by atoms with Crippen LogP contribution in [0, 0.1) is 40.4 Å². The molecule has 0 aliphatic carbocycles. The molecule has 0 radical (unpaired) electrons. The van der Waals surface area contributed by atoms with E-state index in [9.17, 15) is 4.39 Å². The number of hydrogen-bond acceptors (Lipinski definition) is 12. The Bertz CT molecular complexity index is 7440. The highest BCUT2D eigenvalue weighted by Crippen LogP contribution is 2.41. The fourth-order valence-electron chi connectivity index (χ4n) is 18.1. The lowest BCUT2D eigenvalue weighted by Gasteiger charge is -2.30. The predicted octanol–water partition coefficient (Wildman–Crippen LogP) is 26.7. The van der Waals surface area contributed by atoms with Crippen molar-refractivity contribution in [3.63, 3.8) is 0 Å². The van der Waals surface area contributed by atoms with Crippen molar-refractivity contribution in [2.75, 3.05) is 33.4 Å². The smallest absolute Gasteiger partial charge is 0.126 e. The van der Waals surface area contributed by atoms with E-state index in [1.807, 2.05) is 98.9 Å².